The molecule has 1 aliphatic carbocycles. The highest BCUT2D eigenvalue weighted by Gasteiger charge is 2.40. The first kappa shape index (κ1) is 13.6. The molecule has 1 saturated carbocycles. The summed E-state index contributed by atoms with van der Waals surface area (Å²) in [5.74, 6) is 0.160. The lowest BCUT2D eigenvalue weighted by Crippen LogP contribution is -2.38. The van der Waals surface area contributed by atoms with Gasteiger partial charge in [0.2, 0.25) is 0 Å². The largest absolute Gasteiger partial charge is 0.370 e. The Bertz CT molecular complexity index is 448. The molecule has 0 N–H and O–H groups in total. The van der Waals surface area contributed by atoms with Crippen molar-refractivity contribution in [2.24, 2.45) is 0 Å². The number of hydrogen-bond acceptors (Lipinski definition) is 2. The summed E-state index contributed by atoms with van der Waals surface area (Å²) in [6, 6.07) is 5.83. The molecule has 3 heteroatoms. The summed E-state index contributed by atoms with van der Waals surface area (Å²) in [5, 5.41) is 0.674. The molecule has 18 heavy (non-hydrogen) atoms. The number of rotatable bonds is 4. The summed E-state index contributed by atoms with van der Waals surface area (Å²) in [6.07, 6.45) is 4.19. The van der Waals surface area contributed by atoms with Gasteiger partial charge in [-0.3, -0.25) is 4.79 Å². The van der Waals surface area contributed by atoms with Crippen LogP contribution in [0.4, 0.5) is 0 Å². The summed E-state index contributed by atoms with van der Waals surface area (Å²) in [5.41, 5.74) is 1.45. The third-order valence-electron chi connectivity index (χ3n) is 3.87. The zero-order chi connectivity index (χ0) is 13.2. The van der Waals surface area contributed by atoms with Crippen molar-refractivity contribution in [2.75, 3.05) is 7.11 Å². The minimum absolute atomic E-state index is 0.160. The topological polar surface area (TPSA) is 26.3 Å². The first-order valence-corrected chi connectivity index (χ1v) is 6.79. The molecule has 0 atom stereocenters. The molecule has 0 bridgehead atoms. The number of benzene rings is 1. The number of Topliss-reactive ketones (excluding diaryl/α,β-unsaturated/α-hetero) is 1. The molecule has 0 saturated heterocycles. The van der Waals surface area contributed by atoms with Crippen molar-refractivity contribution in [3.63, 3.8) is 0 Å². The molecule has 1 aromatic carbocycles. The molecule has 0 aromatic heterocycles. The highest BCUT2D eigenvalue weighted by molar-refractivity contribution is 6.31. The fraction of sp³-hybridized carbons (Fsp3) is 0.533. The van der Waals surface area contributed by atoms with E-state index in [0.29, 0.717) is 11.4 Å². The predicted octanol–water partition coefficient (Wildman–Crippen LogP) is 3.72. The second-order valence-electron chi connectivity index (χ2n) is 5.10. The molecule has 0 spiro atoms. The standard InChI is InChI=1S/C15H19ClO2/c1-11-5-6-12(13(16)9-11)10-14(17)15(18-2)7-3-4-8-15/h5-6,9H,3-4,7-8,10H2,1-2H3. The number of hydrogen-bond donors (Lipinski definition) is 0. The van der Waals surface area contributed by atoms with E-state index in [0.717, 1.165) is 36.8 Å². The predicted molar refractivity (Wildman–Crippen MR) is 73.1 cm³/mol. The van der Waals surface area contributed by atoms with E-state index in [1.165, 1.54) is 0 Å². The van der Waals surface area contributed by atoms with Gasteiger partial charge in [-0.05, 0) is 49.8 Å². The first-order valence-electron chi connectivity index (χ1n) is 6.41. The van der Waals surface area contributed by atoms with E-state index in [4.69, 9.17) is 16.3 Å². The molecule has 1 fully saturated rings. The van der Waals surface area contributed by atoms with Crippen LogP contribution in [0.3, 0.4) is 0 Å². The Kier molecular flexibility index (Phi) is 4.08. The van der Waals surface area contributed by atoms with Gasteiger partial charge in [-0.25, -0.2) is 0 Å². The van der Waals surface area contributed by atoms with Crippen LogP contribution in [-0.2, 0) is 16.0 Å². The molecule has 0 radical (unpaired) electrons. The van der Waals surface area contributed by atoms with Crippen LogP contribution in [0.25, 0.3) is 0 Å². The Morgan fingerprint density at radius 1 is 1.39 bits per heavy atom. The quantitative estimate of drug-likeness (QED) is 0.830. The van der Waals surface area contributed by atoms with E-state index in [2.05, 4.69) is 0 Å². The van der Waals surface area contributed by atoms with Crippen molar-refractivity contribution in [1.29, 1.82) is 0 Å². The van der Waals surface area contributed by atoms with Gasteiger partial charge in [0.15, 0.2) is 5.78 Å². The highest BCUT2D eigenvalue weighted by Crippen LogP contribution is 2.35. The lowest BCUT2D eigenvalue weighted by atomic mass is 9.91. The number of aryl methyl sites for hydroxylation is 1. The van der Waals surface area contributed by atoms with E-state index in [1.54, 1.807) is 7.11 Å². The van der Waals surface area contributed by atoms with Crippen LogP contribution in [0.15, 0.2) is 18.2 Å². The number of carbonyl (C=O) groups is 1. The summed E-state index contributed by atoms with van der Waals surface area (Å²) in [4.78, 5) is 12.4. The normalized spacial score (nSPS) is 17.9. The van der Waals surface area contributed by atoms with Crippen molar-refractivity contribution < 1.29 is 9.53 Å². The minimum Gasteiger partial charge on any atom is -0.370 e. The van der Waals surface area contributed by atoms with Gasteiger partial charge in [0.05, 0.1) is 0 Å². The molecule has 98 valence electrons. The van der Waals surface area contributed by atoms with Crippen LogP contribution in [-0.4, -0.2) is 18.5 Å². The van der Waals surface area contributed by atoms with E-state index < -0.39 is 5.60 Å². The molecule has 1 aliphatic rings. The van der Waals surface area contributed by atoms with Crippen LogP contribution in [0, 0.1) is 6.92 Å². The zero-order valence-electron chi connectivity index (χ0n) is 11.0. The molecule has 0 heterocycles. The average Bonchev–Trinajstić information content (AvgIpc) is 2.82. The Morgan fingerprint density at radius 2 is 2.06 bits per heavy atom. The van der Waals surface area contributed by atoms with Crippen molar-refractivity contribution in [3.05, 3.63) is 34.3 Å². The Morgan fingerprint density at radius 3 is 2.61 bits per heavy atom. The van der Waals surface area contributed by atoms with Crippen LogP contribution in [0.2, 0.25) is 5.02 Å². The van der Waals surface area contributed by atoms with Crippen molar-refractivity contribution in [2.45, 2.75) is 44.6 Å². The van der Waals surface area contributed by atoms with Gasteiger partial charge in [0.25, 0.3) is 0 Å². The van der Waals surface area contributed by atoms with Crippen LogP contribution in [0.1, 0.15) is 36.8 Å². The molecule has 2 rings (SSSR count). The van der Waals surface area contributed by atoms with Crippen molar-refractivity contribution in [3.8, 4) is 0 Å². The molecular weight excluding hydrogens is 248 g/mol. The van der Waals surface area contributed by atoms with Crippen molar-refractivity contribution >= 4 is 17.4 Å². The molecule has 0 amide bonds. The number of carbonyl (C=O) groups excluding carboxylic acids is 1. The fourth-order valence-corrected chi connectivity index (χ4v) is 2.97. The lowest BCUT2D eigenvalue weighted by Gasteiger charge is -2.25. The SMILES string of the molecule is COC1(C(=O)Cc2ccc(C)cc2Cl)CCCC1. The van der Waals surface area contributed by atoms with Gasteiger partial charge in [0, 0.05) is 18.6 Å². The van der Waals surface area contributed by atoms with Gasteiger partial charge in [-0.2, -0.15) is 0 Å². The lowest BCUT2D eigenvalue weighted by molar-refractivity contribution is -0.139. The molecule has 0 unspecified atom stereocenters. The maximum atomic E-state index is 12.4. The van der Waals surface area contributed by atoms with E-state index in [9.17, 15) is 4.79 Å². The second-order valence-corrected chi connectivity index (χ2v) is 5.51. The van der Waals surface area contributed by atoms with E-state index >= 15 is 0 Å². The van der Waals surface area contributed by atoms with Gasteiger partial charge in [-0.15, -0.1) is 0 Å². The smallest absolute Gasteiger partial charge is 0.169 e. The number of halogens is 1. The van der Waals surface area contributed by atoms with E-state index in [-0.39, 0.29) is 5.78 Å². The van der Waals surface area contributed by atoms with Gasteiger partial charge < -0.3 is 4.74 Å². The van der Waals surface area contributed by atoms with Gasteiger partial charge >= 0.3 is 0 Å². The average molecular weight is 267 g/mol. The highest BCUT2D eigenvalue weighted by atomic mass is 35.5. The zero-order valence-corrected chi connectivity index (χ0v) is 11.7. The Labute approximate surface area is 113 Å². The summed E-state index contributed by atoms with van der Waals surface area (Å²) >= 11 is 6.18. The minimum atomic E-state index is -0.561. The third-order valence-corrected chi connectivity index (χ3v) is 4.22. The summed E-state index contributed by atoms with van der Waals surface area (Å²) in [7, 11) is 1.64. The molecule has 1 aromatic rings. The number of ketones is 1. The number of ether oxygens (including phenoxy) is 1. The maximum Gasteiger partial charge on any atom is 0.169 e. The Hall–Kier alpha value is -0.860. The van der Waals surface area contributed by atoms with E-state index in [1.807, 2.05) is 25.1 Å². The van der Waals surface area contributed by atoms with Crippen LogP contribution >= 0.6 is 11.6 Å². The summed E-state index contributed by atoms with van der Waals surface area (Å²) in [6.45, 7) is 1.99. The maximum absolute atomic E-state index is 12.4. The van der Waals surface area contributed by atoms with Gasteiger partial charge in [0.1, 0.15) is 5.60 Å². The van der Waals surface area contributed by atoms with Crippen molar-refractivity contribution in [1.82, 2.24) is 0 Å². The number of methoxy groups -OCH3 is 1. The molecular formula is C15H19ClO2. The van der Waals surface area contributed by atoms with Gasteiger partial charge in [-0.1, -0.05) is 23.7 Å². The van der Waals surface area contributed by atoms with Crippen LogP contribution in [0.5, 0.6) is 0 Å². The summed E-state index contributed by atoms with van der Waals surface area (Å²) < 4.78 is 5.50. The second kappa shape index (κ2) is 5.41. The molecule has 2 nitrogen and oxygen atoms in total. The fourth-order valence-electron chi connectivity index (χ4n) is 2.67. The third kappa shape index (κ3) is 2.60. The van der Waals surface area contributed by atoms with Crippen LogP contribution < -0.4 is 0 Å². The molecule has 0 aliphatic heterocycles. The Balaban J connectivity index is 2.15. The monoisotopic (exact) mass is 266 g/mol. The first-order chi connectivity index (χ1) is 8.57.